The van der Waals surface area contributed by atoms with Crippen molar-refractivity contribution < 1.29 is 9.13 Å². The largest absolute Gasteiger partial charge is 0.383 e. The third kappa shape index (κ3) is 3.06. The Morgan fingerprint density at radius 1 is 1.28 bits per heavy atom. The standard InChI is InChI=1S/C16H16ClFN6O/c17-10-8-20-15-13(10)14(19)22-16(23-15)21-9-1-2-12(11(18)7-9)24-3-5-25-6-4-24/h1-2,7-8H,3-6H2,(H4,19,20,21,22,23). The van der Waals surface area contributed by atoms with Crippen LogP contribution in [0, 0.1) is 5.82 Å². The highest BCUT2D eigenvalue weighted by Crippen LogP contribution is 2.29. The van der Waals surface area contributed by atoms with E-state index in [9.17, 15) is 4.39 Å². The smallest absolute Gasteiger partial charge is 0.231 e. The van der Waals surface area contributed by atoms with Crippen LogP contribution in [0.3, 0.4) is 0 Å². The number of morpholine rings is 1. The van der Waals surface area contributed by atoms with Crippen LogP contribution in [0.15, 0.2) is 24.4 Å². The summed E-state index contributed by atoms with van der Waals surface area (Å²) in [5.74, 6) is 0.204. The molecule has 0 spiro atoms. The van der Waals surface area contributed by atoms with Gasteiger partial charge in [0.1, 0.15) is 17.3 Å². The van der Waals surface area contributed by atoms with E-state index in [2.05, 4.69) is 20.3 Å². The van der Waals surface area contributed by atoms with Gasteiger partial charge in [0.15, 0.2) is 0 Å². The molecule has 0 amide bonds. The van der Waals surface area contributed by atoms with E-state index < -0.39 is 0 Å². The number of nitrogens with one attached hydrogen (secondary N) is 2. The maximum atomic E-state index is 14.5. The fourth-order valence-corrected chi connectivity index (χ4v) is 3.09. The Labute approximate surface area is 148 Å². The number of aromatic nitrogens is 3. The lowest BCUT2D eigenvalue weighted by Crippen LogP contribution is -2.36. The van der Waals surface area contributed by atoms with Gasteiger partial charge in [0.25, 0.3) is 0 Å². The molecule has 3 aromatic rings. The summed E-state index contributed by atoms with van der Waals surface area (Å²) in [7, 11) is 0. The van der Waals surface area contributed by atoms with Crippen LogP contribution in [0.1, 0.15) is 0 Å². The molecule has 0 atom stereocenters. The number of nitrogens with zero attached hydrogens (tertiary/aromatic N) is 3. The summed E-state index contributed by atoms with van der Waals surface area (Å²) < 4.78 is 19.8. The Bertz CT molecular complexity index is 924. The van der Waals surface area contributed by atoms with Crippen molar-refractivity contribution in [3.63, 3.8) is 0 Å². The molecule has 1 aromatic carbocycles. The van der Waals surface area contributed by atoms with E-state index in [0.29, 0.717) is 53.7 Å². The Kier molecular flexibility index (Phi) is 4.06. The van der Waals surface area contributed by atoms with Gasteiger partial charge in [0.05, 0.1) is 29.3 Å². The predicted octanol–water partition coefficient (Wildman–Crippen LogP) is 2.91. The minimum absolute atomic E-state index is 0.254. The van der Waals surface area contributed by atoms with Crippen molar-refractivity contribution in [2.24, 2.45) is 0 Å². The Morgan fingerprint density at radius 2 is 2.08 bits per heavy atom. The molecule has 1 saturated heterocycles. The molecule has 0 saturated carbocycles. The molecule has 2 aromatic heterocycles. The molecule has 0 aliphatic carbocycles. The van der Waals surface area contributed by atoms with Crippen molar-refractivity contribution in [1.82, 2.24) is 15.0 Å². The van der Waals surface area contributed by atoms with E-state index in [1.54, 1.807) is 18.3 Å². The van der Waals surface area contributed by atoms with E-state index in [1.807, 2.05) is 4.90 Å². The van der Waals surface area contributed by atoms with Crippen molar-refractivity contribution in [2.45, 2.75) is 0 Å². The molecule has 25 heavy (non-hydrogen) atoms. The van der Waals surface area contributed by atoms with Crippen molar-refractivity contribution in [3.8, 4) is 0 Å². The number of benzene rings is 1. The zero-order valence-corrected chi connectivity index (χ0v) is 14.0. The topological polar surface area (TPSA) is 92.1 Å². The van der Waals surface area contributed by atoms with Crippen LogP contribution in [-0.2, 0) is 4.74 Å². The number of H-pyrrole nitrogens is 1. The average molecular weight is 363 g/mol. The van der Waals surface area contributed by atoms with Crippen LogP contribution >= 0.6 is 11.6 Å². The molecule has 1 aliphatic rings. The van der Waals surface area contributed by atoms with Gasteiger partial charge in [-0.2, -0.15) is 9.97 Å². The van der Waals surface area contributed by atoms with Gasteiger partial charge in [0, 0.05) is 25.0 Å². The molecule has 4 N–H and O–H groups in total. The monoisotopic (exact) mass is 362 g/mol. The van der Waals surface area contributed by atoms with Gasteiger partial charge in [0.2, 0.25) is 5.95 Å². The van der Waals surface area contributed by atoms with Crippen molar-refractivity contribution >= 4 is 45.8 Å². The van der Waals surface area contributed by atoms with Crippen LogP contribution in [0.5, 0.6) is 0 Å². The van der Waals surface area contributed by atoms with Gasteiger partial charge in [-0.15, -0.1) is 0 Å². The molecule has 7 nitrogen and oxygen atoms in total. The number of halogens is 2. The molecule has 1 aliphatic heterocycles. The lowest BCUT2D eigenvalue weighted by molar-refractivity contribution is 0.122. The Hall–Kier alpha value is -2.58. The van der Waals surface area contributed by atoms with Crippen molar-refractivity contribution in [1.29, 1.82) is 0 Å². The number of hydrogen-bond acceptors (Lipinski definition) is 6. The summed E-state index contributed by atoms with van der Waals surface area (Å²) in [6, 6.07) is 4.92. The van der Waals surface area contributed by atoms with Crippen LogP contribution in [-0.4, -0.2) is 41.3 Å². The number of anilines is 4. The molecule has 1 fully saturated rings. The molecular weight excluding hydrogens is 347 g/mol. The third-order valence-corrected chi connectivity index (χ3v) is 4.37. The fraction of sp³-hybridized carbons (Fsp3) is 0.250. The van der Waals surface area contributed by atoms with E-state index in [1.165, 1.54) is 6.07 Å². The lowest BCUT2D eigenvalue weighted by Gasteiger charge is -2.29. The molecule has 0 unspecified atom stereocenters. The molecular formula is C16H16ClFN6O. The second kappa shape index (κ2) is 6.38. The predicted molar refractivity (Wildman–Crippen MR) is 96.0 cm³/mol. The van der Waals surface area contributed by atoms with E-state index in [0.717, 1.165) is 0 Å². The number of fused-ring (bicyclic) bond motifs is 1. The van der Waals surface area contributed by atoms with Gasteiger partial charge >= 0.3 is 0 Å². The minimum Gasteiger partial charge on any atom is -0.383 e. The first-order valence-corrected chi connectivity index (χ1v) is 8.19. The van der Waals surface area contributed by atoms with E-state index in [-0.39, 0.29) is 17.6 Å². The molecule has 130 valence electrons. The highest BCUT2D eigenvalue weighted by atomic mass is 35.5. The van der Waals surface area contributed by atoms with Crippen LogP contribution < -0.4 is 16.0 Å². The Balaban J connectivity index is 1.59. The maximum Gasteiger partial charge on any atom is 0.231 e. The number of nitrogens with two attached hydrogens (primary N) is 1. The first-order valence-electron chi connectivity index (χ1n) is 7.81. The first-order chi connectivity index (χ1) is 12.1. The van der Waals surface area contributed by atoms with Crippen LogP contribution in [0.2, 0.25) is 5.02 Å². The van der Waals surface area contributed by atoms with Crippen molar-refractivity contribution in [2.75, 3.05) is 42.3 Å². The number of nitrogen functional groups attached to an aromatic ring is 1. The van der Waals surface area contributed by atoms with Gasteiger partial charge in [-0.25, -0.2) is 4.39 Å². The normalized spacial score (nSPS) is 14.9. The fourth-order valence-electron chi connectivity index (χ4n) is 2.85. The summed E-state index contributed by atoms with van der Waals surface area (Å²) in [6.45, 7) is 2.55. The molecule has 0 radical (unpaired) electrons. The molecule has 9 heteroatoms. The average Bonchev–Trinajstić information content (AvgIpc) is 2.97. The zero-order chi connectivity index (χ0) is 17.4. The van der Waals surface area contributed by atoms with E-state index in [4.69, 9.17) is 22.1 Å². The quantitative estimate of drug-likeness (QED) is 0.663. The summed E-state index contributed by atoms with van der Waals surface area (Å²) >= 11 is 6.03. The maximum absolute atomic E-state index is 14.5. The summed E-state index contributed by atoms with van der Waals surface area (Å²) in [4.78, 5) is 13.4. The summed E-state index contributed by atoms with van der Waals surface area (Å²) in [5.41, 5.74) is 7.53. The molecule has 3 heterocycles. The first kappa shape index (κ1) is 15.9. The van der Waals surface area contributed by atoms with Gasteiger partial charge < -0.3 is 25.7 Å². The van der Waals surface area contributed by atoms with Crippen LogP contribution in [0.25, 0.3) is 11.0 Å². The summed E-state index contributed by atoms with van der Waals surface area (Å²) in [6.07, 6.45) is 1.60. The lowest BCUT2D eigenvalue weighted by atomic mass is 10.2. The SMILES string of the molecule is Nc1nc(Nc2ccc(N3CCOCC3)c(F)c2)nc2[nH]cc(Cl)c12. The zero-order valence-electron chi connectivity index (χ0n) is 13.2. The van der Waals surface area contributed by atoms with E-state index >= 15 is 0 Å². The number of aromatic amines is 1. The van der Waals surface area contributed by atoms with Gasteiger partial charge in [-0.1, -0.05) is 11.6 Å². The highest BCUT2D eigenvalue weighted by Gasteiger charge is 2.16. The Morgan fingerprint density at radius 3 is 2.84 bits per heavy atom. The minimum atomic E-state index is -0.316. The number of hydrogen-bond donors (Lipinski definition) is 3. The molecule has 0 bridgehead atoms. The number of rotatable bonds is 3. The number of ether oxygens (including phenoxy) is 1. The molecule has 4 rings (SSSR count). The van der Waals surface area contributed by atoms with Gasteiger partial charge in [-0.05, 0) is 18.2 Å². The second-order valence-corrected chi connectivity index (χ2v) is 6.09. The summed E-state index contributed by atoms with van der Waals surface area (Å²) in [5, 5.41) is 4.00. The highest BCUT2D eigenvalue weighted by molar-refractivity contribution is 6.36. The van der Waals surface area contributed by atoms with Crippen LogP contribution in [0.4, 0.5) is 27.5 Å². The second-order valence-electron chi connectivity index (χ2n) is 5.68. The third-order valence-electron chi connectivity index (χ3n) is 4.07. The van der Waals surface area contributed by atoms with Gasteiger partial charge in [-0.3, -0.25) is 0 Å². The van der Waals surface area contributed by atoms with Crippen molar-refractivity contribution in [3.05, 3.63) is 35.2 Å².